The number of hydrogen-bond acceptors (Lipinski definition) is 2. The zero-order valence-electron chi connectivity index (χ0n) is 22.4. The van der Waals surface area contributed by atoms with Crippen LogP contribution < -0.4 is 9.47 Å². The Morgan fingerprint density at radius 3 is 2.05 bits per heavy atom. The molecule has 0 N–H and O–H groups in total. The molecule has 0 saturated carbocycles. The van der Waals surface area contributed by atoms with E-state index in [0.29, 0.717) is 34.9 Å². The molecular weight excluding hydrogens is 549 g/mol. The number of aryl methyl sites for hydroxylation is 3. The molecule has 9 heteroatoms. The first kappa shape index (κ1) is 30.2. The molecule has 0 fully saturated rings. The van der Waals surface area contributed by atoms with Gasteiger partial charge in [-0.15, -0.1) is 0 Å². The van der Waals surface area contributed by atoms with E-state index in [0.717, 1.165) is 30.5 Å². The molecular formula is C32H29F7O2. The minimum absolute atomic E-state index is 0.0362. The van der Waals surface area contributed by atoms with Crippen molar-refractivity contribution in [1.29, 1.82) is 0 Å². The van der Waals surface area contributed by atoms with Gasteiger partial charge >= 0.3 is 6.18 Å². The molecule has 0 amide bonds. The second-order valence-corrected chi connectivity index (χ2v) is 9.83. The molecule has 0 aliphatic rings. The largest absolute Gasteiger partial charge is 0.493 e. The zero-order valence-corrected chi connectivity index (χ0v) is 22.4. The van der Waals surface area contributed by atoms with Gasteiger partial charge in [-0.2, -0.15) is 13.2 Å². The maximum atomic E-state index is 15.3. The summed E-state index contributed by atoms with van der Waals surface area (Å²) in [4.78, 5) is 0. The molecule has 0 aliphatic heterocycles. The third-order valence-corrected chi connectivity index (χ3v) is 6.71. The lowest BCUT2D eigenvalue weighted by atomic mass is 9.97. The summed E-state index contributed by atoms with van der Waals surface area (Å²) in [6, 6.07) is 14.5. The topological polar surface area (TPSA) is 18.5 Å². The lowest BCUT2D eigenvalue weighted by Gasteiger charge is -2.12. The predicted octanol–water partition coefficient (Wildman–Crippen LogP) is 9.09. The SMILES string of the molecule is CCCCOc1cc(F)c(CCc2ccc3c(F)c(CCc4ccc(OCC(F)(F)F)c(F)c4)ccc3c2)c(F)c1. The van der Waals surface area contributed by atoms with Crippen LogP contribution >= 0.6 is 0 Å². The van der Waals surface area contributed by atoms with Crippen LogP contribution in [0.25, 0.3) is 10.8 Å². The van der Waals surface area contributed by atoms with Gasteiger partial charge in [0, 0.05) is 23.1 Å². The van der Waals surface area contributed by atoms with Crippen LogP contribution in [0.5, 0.6) is 11.5 Å². The monoisotopic (exact) mass is 578 g/mol. The van der Waals surface area contributed by atoms with Crippen LogP contribution in [0, 0.1) is 23.3 Å². The van der Waals surface area contributed by atoms with E-state index in [1.807, 2.05) is 6.92 Å². The Hall–Kier alpha value is -3.75. The fraction of sp³-hybridized carbons (Fsp3) is 0.312. The Bertz CT molecular complexity index is 1470. The predicted molar refractivity (Wildman–Crippen MR) is 143 cm³/mol. The normalized spacial score (nSPS) is 11.7. The van der Waals surface area contributed by atoms with Crippen LogP contribution in [0.4, 0.5) is 30.7 Å². The fourth-order valence-electron chi connectivity index (χ4n) is 4.50. The highest BCUT2D eigenvalue weighted by atomic mass is 19.4. The Labute approximate surface area is 233 Å². The van der Waals surface area contributed by atoms with Crippen LogP contribution in [0.2, 0.25) is 0 Å². The van der Waals surface area contributed by atoms with E-state index >= 15 is 4.39 Å². The van der Waals surface area contributed by atoms with Gasteiger partial charge in [0.25, 0.3) is 0 Å². The van der Waals surface area contributed by atoms with Crippen molar-refractivity contribution in [3.8, 4) is 11.5 Å². The maximum absolute atomic E-state index is 15.3. The van der Waals surface area contributed by atoms with Gasteiger partial charge in [-0.25, -0.2) is 17.6 Å². The number of benzene rings is 4. The van der Waals surface area contributed by atoms with E-state index in [4.69, 9.17) is 4.74 Å². The van der Waals surface area contributed by atoms with Crippen molar-refractivity contribution in [2.45, 2.75) is 51.6 Å². The summed E-state index contributed by atoms with van der Waals surface area (Å²) >= 11 is 0. The lowest BCUT2D eigenvalue weighted by Crippen LogP contribution is -2.19. The summed E-state index contributed by atoms with van der Waals surface area (Å²) in [7, 11) is 0. The summed E-state index contributed by atoms with van der Waals surface area (Å²) in [5, 5.41) is 1.00. The average Bonchev–Trinajstić information content (AvgIpc) is 2.91. The molecule has 0 spiro atoms. The molecule has 4 aromatic carbocycles. The molecule has 0 unspecified atom stereocenters. The molecule has 0 aliphatic carbocycles. The molecule has 0 radical (unpaired) electrons. The number of ether oxygens (including phenoxy) is 2. The van der Waals surface area contributed by atoms with Crippen molar-refractivity contribution in [1.82, 2.24) is 0 Å². The number of hydrogen-bond donors (Lipinski definition) is 0. The van der Waals surface area contributed by atoms with Crippen molar-refractivity contribution in [2.75, 3.05) is 13.2 Å². The van der Waals surface area contributed by atoms with E-state index in [-0.39, 0.29) is 30.6 Å². The number of rotatable bonds is 12. The fourth-order valence-corrected chi connectivity index (χ4v) is 4.50. The molecule has 0 heterocycles. The van der Waals surface area contributed by atoms with Gasteiger partial charge in [0.2, 0.25) is 0 Å². The van der Waals surface area contributed by atoms with Crippen LogP contribution in [-0.4, -0.2) is 19.4 Å². The van der Waals surface area contributed by atoms with Crippen LogP contribution in [-0.2, 0) is 25.7 Å². The highest BCUT2D eigenvalue weighted by molar-refractivity contribution is 5.84. The van der Waals surface area contributed by atoms with Gasteiger partial charge in [0.15, 0.2) is 18.2 Å². The Kier molecular flexibility index (Phi) is 9.78. The Balaban J connectivity index is 1.39. The molecule has 0 saturated heterocycles. The third kappa shape index (κ3) is 8.15. The molecule has 41 heavy (non-hydrogen) atoms. The van der Waals surface area contributed by atoms with E-state index in [2.05, 4.69) is 4.74 Å². The van der Waals surface area contributed by atoms with Gasteiger partial charge in [-0.1, -0.05) is 49.7 Å². The standard InChI is InChI=1S/C32H29F7O2/c1-2-3-14-40-24-17-27(33)26(28(34)18-24)12-6-20-5-11-25-23(15-20)10-9-22(31(25)36)8-4-21-7-13-30(29(35)16-21)41-19-32(37,38)39/h5,7,9-11,13,15-18H,2-4,6,8,12,14,19H2,1H3. The van der Waals surface area contributed by atoms with Gasteiger partial charge in [-0.3, -0.25) is 0 Å². The lowest BCUT2D eigenvalue weighted by molar-refractivity contribution is -0.153. The van der Waals surface area contributed by atoms with Crippen LogP contribution in [0.15, 0.2) is 60.7 Å². The van der Waals surface area contributed by atoms with Gasteiger partial charge < -0.3 is 9.47 Å². The minimum Gasteiger partial charge on any atom is -0.493 e. The smallest absolute Gasteiger partial charge is 0.422 e. The molecule has 0 aromatic heterocycles. The quantitative estimate of drug-likeness (QED) is 0.123. The number of unbranched alkanes of at least 4 members (excludes halogenated alkanes) is 1. The first-order chi connectivity index (χ1) is 19.5. The van der Waals surface area contributed by atoms with Crippen LogP contribution in [0.1, 0.15) is 42.0 Å². The second kappa shape index (κ2) is 13.3. The summed E-state index contributed by atoms with van der Waals surface area (Å²) in [6.07, 6.45) is -1.92. The van der Waals surface area contributed by atoms with Crippen molar-refractivity contribution in [2.24, 2.45) is 0 Å². The highest BCUT2D eigenvalue weighted by Crippen LogP contribution is 2.27. The van der Waals surface area contributed by atoms with E-state index in [1.165, 1.54) is 18.2 Å². The van der Waals surface area contributed by atoms with Gasteiger partial charge in [0.05, 0.1) is 6.61 Å². The zero-order chi connectivity index (χ0) is 29.6. The summed E-state index contributed by atoms with van der Waals surface area (Å²) < 4.78 is 105. The molecule has 2 nitrogen and oxygen atoms in total. The number of fused-ring (bicyclic) bond motifs is 1. The highest BCUT2D eigenvalue weighted by Gasteiger charge is 2.29. The molecule has 0 atom stereocenters. The molecule has 0 bridgehead atoms. The van der Waals surface area contributed by atoms with E-state index in [9.17, 15) is 26.3 Å². The summed E-state index contributed by atoms with van der Waals surface area (Å²) in [5.74, 6) is -3.04. The van der Waals surface area contributed by atoms with E-state index in [1.54, 1.807) is 30.3 Å². The van der Waals surface area contributed by atoms with Crippen molar-refractivity contribution < 1.29 is 40.2 Å². The first-order valence-corrected chi connectivity index (χ1v) is 13.3. The second-order valence-electron chi connectivity index (χ2n) is 9.83. The third-order valence-electron chi connectivity index (χ3n) is 6.71. The Morgan fingerprint density at radius 1 is 0.683 bits per heavy atom. The summed E-state index contributed by atoms with van der Waals surface area (Å²) in [6.45, 7) is 0.786. The van der Waals surface area contributed by atoms with Crippen molar-refractivity contribution in [3.63, 3.8) is 0 Å². The van der Waals surface area contributed by atoms with Gasteiger partial charge in [-0.05, 0) is 66.3 Å². The average molecular weight is 579 g/mol. The molecule has 218 valence electrons. The van der Waals surface area contributed by atoms with Crippen LogP contribution in [0.3, 0.4) is 0 Å². The first-order valence-electron chi connectivity index (χ1n) is 13.3. The van der Waals surface area contributed by atoms with Crippen molar-refractivity contribution >= 4 is 10.8 Å². The van der Waals surface area contributed by atoms with Gasteiger partial charge in [0.1, 0.15) is 23.2 Å². The van der Waals surface area contributed by atoms with E-state index < -0.39 is 41.8 Å². The van der Waals surface area contributed by atoms with Crippen molar-refractivity contribution in [3.05, 3.63) is 106 Å². The maximum Gasteiger partial charge on any atom is 0.422 e. The Morgan fingerprint density at radius 2 is 1.37 bits per heavy atom. The number of alkyl halides is 3. The number of halogens is 7. The molecule has 4 aromatic rings. The summed E-state index contributed by atoms with van der Waals surface area (Å²) in [5.41, 5.74) is 1.63. The molecule has 4 rings (SSSR count). The minimum atomic E-state index is -4.58.